The average molecular weight is 325 g/mol. The van der Waals surface area contributed by atoms with Crippen LogP contribution in [0.1, 0.15) is 18.9 Å². The van der Waals surface area contributed by atoms with E-state index in [2.05, 4.69) is 9.71 Å². The molecule has 1 aliphatic rings. The van der Waals surface area contributed by atoms with Crippen molar-refractivity contribution in [3.8, 4) is 0 Å². The lowest BCUT2D eigenvalue weighted by molar-refractivity contribution is -0.153. The summed E-state index contributed by atoms with van der Waals surface area (Å²) in [6, 6.07) is 6.41. The van der Waals surface area contributed by atoms with E-state index in [0.717, 1.165) is 0 Å². The van der Waals surface area contributed by atoms with E-state index in [1.165, 1.54) is 13.0 Å². The number of rotatable bonds is 5. The quantitative estimate of drug-likeness (QED) is 0.707. The number of carbonyl (C=O) groups is 2. The molecular weight excluding hydrogens is 310 g/mol. The SMILES string of the molecule is C[C@@H](OC(=O)CCN=C1NS(=O)(=O)c2ccccc21)C(N)=O. The molecule has 1 aromatic carbocycles. The van der Waals surface area contributed by atoms with Crippen LogP contribution in [0.2, 0.25) is 0 Å². The Morgan fingerprint density at radius 1 is 1.36 bits per heavy atom. The lowest BCUT2D eigenvalue weighted by Gasteiger charge is -2.08. The molecule has 0 saturated carbocycles. The lowest BCUT2D eigenvalue weighted by Crippen LogP contribution is -2.30. The maximum absolute atomic E-state index is 11.8. The molecule has 1 amide bonds. The van der Waals surface area contributed by atoms with Gasteiger partial charge in [0, 0.05) is 5.56 Å². The number of amidine groups is 1. The van der Waals surface area contributed by atoms with E-state index in [1.54, 1.807) is 18.2 Å². The number of hydrogen-bond acceptors (Lipinski definition) is 6. The van der Waals surface area contributed by atoms with E-state index in [1.807, 2.05) is 0 Å². The molecule has 0 unspecified atom stereocenters. The zero-order chi connectivity index (χ0) is 16.3. The minimum absolute atomic E-state index is 0.0243. The van der Waals surface area contributed by atoms with Gasteiger partial charge in [0.1, 0.15) is 5.84 Å². The van der Waals surface area contributed by atoms with Gasteiger partial charge in [-0.15, -0.1) is 0 Å². The van der Waals surface area contributed by atoms with Crippen LogP contribution in [0, 0.1) is 0 Å². The summed E-state index contributed by atoms with van der Waals surface area (Å²) in [5, 5.41) is 0. The molecular formula is C13H15N3O5S. The summed E-state index contributed by atoms with van der Waals surface area (Å²) in [5.74, 6) is -1.19. The van der Waals surface area contributed by atoms with Crippen molar-refractivity contribution in [2.45, 2.75) is 24.3 Å². The number of nitrogens with two attached hydrogens (primary N) is 1. The van der Waals surface area contributed by atoms with Crippen LogP contribution in [-0.4, -0.2) is 38.8 Å². The van der Waals surface area contributed by atoms with Gasteiger partial charge in [-0.2, -0.15) is 0 Å². The first-order chi connectivity index (χ1) is 10.3. The number of ether oxygens (including phenoxy) is 1. The van der Waals surface area contributed by atoms with Crippen LogP contribution in [0.15, 0.2) is 34.2 Å². The zero-order valence-corrected chi connectivity index (χ0v) is 12.6. The lowest BCUT2D eigenvalue weighted by atomic mass is 10.2. The topological polar surface area (TPSA) is 128 Å². The Bertz CT molecular complexity index is 742. The van der Waals surface area contributed by atoms with Gasteiger partial charge in [0.25, 0.3) is 15.9 Å². The molecule has 0 bridgehead atoms. The molecule has 118 valence electrons. The third-order valence-electron chi connectivity index (χ3n) is 2.96. The van der Waals surface area contributed by atoms with E-state index >= 15 is 0 Å². The molecule has 0 radical (unpaired) electrons. The second-order valence-corrected chi connectivity index (χ2v) is 6.27. The van der Waals surface area contributed by atoms with Crippen molar-refractivity contribution in [2.75, 3.05) is 6.54 Å². The molecule has 1 heterocycles. The summed E-state index contributed by atoms with van der Waals surface area (Å²) in [4.78, 5) is 26.4. The highest BCUT2D eigenvalue weighted by molar-refractivity contribution is 7.90. The van der Waals surface area contributed by atoms with Crippen LogP contribution in [0.25, 0.3) is 0 Å². The van der Waals surface area contributed by atoms with Crippen molar-refractivity contribution in [1.82, 2.24) is 4.72 Å². The molecule has 0 fully saturated rings. The fourth-order valence-corrected chi connectivity index (χ4v) is 3.08. The summed E-state index contributed by atoms with van der Waals surface area (Å²) in [6.07, 6.45) is -1.10. The molecule has 1 aromatic rings. The predicted molar refractivity (Wildman–Crippen MR) is 77.5 cm³/mol. The first-order valence-corrected chi connectivity index (χ1v) is 7.95. The Morgan fingerprint density at radius 2 is 2.05 bits per heavy atom. The number of carbonyl (C=O) groups excluding carboxylic acids is 2. The number of nitrogens with one attached hydrogen (secondary N) is 1. The van der Waals surface area contributed by atoms with Gasteiger partial charge >= 0.3 is 5.97 Å². The van der Waals surface area contributed by atoms with E-state index in [9.17, 15) is 18.0 Å². The van der Waals surface area contributed by atoms with Crippen molar-refractivity contribution >= 4 is 27.7 Å². The van der Waals surface area contributed by atoms with Crippen molar-refractivity contribution < 1.29 is 22.7 Å². The maximum atomic E-state index is 11.8. The highest BCUT2D eigenvalue weighted by atomic mass is 32.2. The maximum Gasteiger partial charge on any atom is 0.308 e. The summed E-state index contributed by atoms with van der Waals surface area (Å²) < 4.78 is 30.8. The smallest absolute Gasteiger partial charge is 0.308 e. The first kappa shape index (κ1) is 16.0. The van der Waals surface area contributed by atoms with Gasteiger partial charge in [-0.1, -0.05) is 12.1 Å². The van der Waals surface area contributed by atoms with E-state index in [-0.39, 0.29) is 23.7 Å². The predicted octanol–water partition coefficient (Wildman–Crippen LogP) is -0.468. The molecule has 0 aliphatic carbocycles. The Hall–Kier alpha value is -2.42. The number of hydrogen-bond donors (Lipinski definition) is 2. The first-order valence-electron chi connectivity index (χ1n) is 6.47. The van der Waals surface area contributed by atoms with E-state index in [0.29, 0.717) is 5.56 Å². The molecule has 0 saturated heterocycles. The van der Waals surface area contributed by atoms with Gasteiger partial charge in [0.15, 0.2) is 6.10 Å². The molecule has 8 nitrogen and oxygen atoms in total. The van der Waals surface area contributed by atoms with Crippen LogP contribution in [-0.2, 0) is 24.3 Å². The number of amides is 1. The monoisotopic (exact) mass is 325 g/mol. The minimum Gasteiger partial charge on any atom is -0.453 e. The second kappa shape index (κ2) is 6.14. The van der Waals surface area contributed by atoms with Gasteiger partial charge in [-0.25, -0.2) is 8.42 Å². The summed E-state index contributed by atoms with van der Waals surface area (Å²) >= 11 is 0. The van der Waals surface area contributed by atoms with E-state index < -0.39 is 28.0 Å². The summed E-state index contributed by atoms with van der Waals surface area (Å²) in [5.41, 5.74) is 5.43. The summed E-state index contributed by atoms with van der Waals surface area (Å²) in [7, 11) is -3.59. The van der Waals surface area contributed by atoms with Crippen LogP contribution in [0.3, 0.4) is 0 Å². The van der Waals surface area contributed by atoms with Gasteiger partial charge in [0.2, 0.25) is 0 Å². The Morgan fingerprint density at radius 3 is 2.73 bits per heavy atom. The number of esters is 1. The molecule has 0 aromatic heterocycles. The van der Waals surface area contributed by atoms with Gasteiger partial charge in [0.05, 0.1) is 17.9 Å². The molecule has 2 rings (SSSR count). The molecule has 1 atom stereocenters. The zero-order valence-electron chi connectivity index (χ0n) is 11.8. The fourth-order valence-electron chi connectivity index (χ4n) is 1.82. The fraction of sp³-hybridized carbons (Fsp3) is 0.308. The second-order valence-electron chi connectivity index (χ2n) is 4.62. The standard InChI is InChI=1S/C13H15N3O5S/c1-8(12(14)18)21-11(17)6-7-15-13-9-4-2-3-5-10(9)22(19,20)16-13/h2-5,8H,6-7H2,1H3,(H2,14,18)(H,15,16)/t8-/m1/s1. The summed E-state index contributed by atoms with van der Waals surface area (Å²) in [6.45, 7) is 1.39. The van der Waals surface area contributed by atoms with Gasteiger partial charge in [-0.3, -0.25) is 19.3 Å². The molecule has 22 heavy (non-hydrogen) atoms. The van der Waals surface area contributed by atoms with Crippen molar-refractivity contribution in [3.63, 3.8) is 0 Å². The number of aliphatic imine (C=N–C) groups is 1. The Kier molecular flexibility index (Phi) is 4.45. The number of benzene rings is 1. The third kappa shape index (κ3) is 3.42. The van der Waals surface area contributed by atoms with Crippen LogP contribution < -0.4 is 10.5 Å². The molecule has 1 aliphatic heterocycles. The van der Waals surface area contributed by atoms with Crippen molar-refractivity contribution in [3.05, 3.63) is 29.8 Å². The average Bonchev–Trinajstić information content (AvgIpc) is 2.71. The molecule has 0 spiro atoms. The number of nitrogens with zero attached hydrogens (tertiary/aromatic N) is 1. The molecule has 9 heteroatoms. The van der Waals surface area contributed by atoms with Crippen LogP contribution in [0.5, 0.6) is 0 Å². The van der Waals surface area contributed by atoms with Gasteiger partial charge < -0.3 is 10.5 Å². The van der Waals surface area contributed by atoms with Crippen molar-refractivity contribution in [1.29, 1.82) is 0 Å². The highest BCUT2D eigenvalue weighted by Gasteiger charge is 2.30. The highest BCUT2D eigenvalue weighted by Crippen LogP contribution is 2.22. The molecule has 3 N–H and O–H groups in total. The van der Waals surface area contributed by atoms with Crippen LogP contribution in [0.4, 0.5) is 0 Å². The number of fused-ring (bicyclic) bond motifs is 1. The van der Waals surface area contributed by atoms with Crippen LogP contribution >= 0.6 is 0 Å². The Balaban J connectivity index is 2.01. The number of primary amides is 1. The normalized spacial score (nSPS) is 18.3. The largest absolute Gasteiger partial charge is 0.453 e. The Labute approximate surface area is 127 Å². The minimum atomic E-state index is -3.59. The van der Waals surface area contributed by atoms with Crippen molar-refractivity contribution in [2.24, 2.45) is 10.7 Å². The third-order valence-corrected chi connectivity index (χ3v) is 4.35. The van der Waals surface area contributed by atoms with E-state index in [4.69, 9.17) is 10.5 Å². The van der Waals surface area contributed by atoms with Gasteiger partial charge in [-0.05, 0) is 19.1 Å². The number of sulfonamides is 1.